The predicted octanol–water partition coefficient (Wildman–Crippen LogP) is 1.40. The van der Waals surface area contributed by atoms with Crippen molar-refractivity contribution in [3.63, 3.8) is 0 Å². The molecule has 0 fully saturated rings. The number of nitrogens with two attached hydrogens (primary N) is 1. The number of amides is 1. The van der Waals surface area contributed by atoms with Gasteiger partial charge >= 0.3 is 0 Å². The fourth-order valence-corrected chi connectivity index (χ4v) is 2.41. The molecule has 0 bridgehead atoms. The zero-order valence-electron chi connectivity index (χ0n) is 10.3. The lowest BCUT2D eigenvalue weighted by Gasteiger charge is -2.16. The minimum absolute atomic E-state index is 0.00958. The molecule has 1 aliphatic carbocycles. The lowest BCUT2D eigenvalue weighted by molar-refractivity contribution is -0.123. The third-order valence-electron chi connectivity index (χ3n) is 3.33. The van der Waals surface area contributed by atoms with E-state index in [2.05, 4.69) is 17.4 Å². The molecule has 0 spiro atoms. The van der Waals surface area contributed by atoms with Gasteiger partial charge in [-0.25, -0.2) is 0 Å². The van der Waals surface area contributed by atoms with Crippen LogP contribution in [0.4, 0.5) is 0 Å². The smallest absolute Gasteiger partial charge is 0.237 e. The van der Waals surface area contributed by atoms with Crippen LogP contribution < -0.4 is 11.1 Å². The van der Waals surface area contributed by atoms with Crippen LogP contribution in [0.5, 0.6) is 0 Å². The Morgan fingerprint density at radius 1 is 1.41 bits per heavy atom. The molecule has 1 amide bonds. The third-order valence-corrected chi connectivity index (χ3v) is 3.33. The van der Waals surface area contributed by atoms with Gasteiger partial charge < -0.3 is 11.1 Å². The van der Waals surface area contributed by atoms with Gasteiger partial charge in [0.2, 0.25) is 5.91 Å². The van der Waals surface area contributed by atoms with Crippen LogP contribution in [0.3, 0.4) is 0 Å². The topological polar surface area (TPSA) is 55.1 Å². The minimum atomic E-state index is -0.358. The van der Waals surface area contributed by atoms with Crippen LogP contribution in [0.2, 0.25) is 0 Å². The fourth-order valence-electron chi connectivity index (χ4n) is 2.41. The van der Waals surface area contributed by atoms with E-state index in [1.807, 2.05) is 19.1 Å². The Kier molecular flexibility index (Phi) is 3.79. The molecular formula is C14H20N2O. The highest BCUT2D eigenvalue weighted by atomic mass is 16.2. The molecular weight excluding hydrogens is 212 g/mol. The zero-order chi connectivity index (χ0) is 12.3. The second-order valence-electron chi connectivity index (χ2n) is 4.78. The average Bonchev–Trinajstić information content (AvgIpc) is 2.71. The normalized spacial score (nSPS) is 16.6. The second-order valence-corrected chi connectivity index (χ2v) is 4.78. The number of hydrogen-bond acceptors (Lipinski definition) is 2. The molecule has 1 aromatic rings. The van der Waals surface area contributed by atoms with Crippen LogP contribution in [0.15, 0.2) is 24.3 Å². The quantitative estimate of drug-likeness (QED) is 0.824. The van der Waals surface area contributed by atoms with Gasteiger partial charge in [-0.15, -0.1) is 0 Å². The van der Waals surface area contributed by atoms with E-state index in [-0.39, 0.29) is 18.0 Å². The van der Waals surface area contributed by atoms with Crippen molar-refractivity contribution in [2.24, 2.45) is 5.73 Å². The summed E-state index contributed by atoms with van der Waals surface area (Å²) in [6.07, 6.45) is 3.56. The van der Waals surface area contributed by atoms with Gasteiger partial charge in [0.15, 0.2) is 0 Å². The summed E-state index contributed by atoms with van der Waals surface area (Å²) in [5.41, 5.74) is 8.50. The standard InChI is InChI=1S/C14H20N2O/c1-2-5-13(15)14(17)16-12-8-10-6-3-4-7-11(10)9-12/h3-4,6-7,12-13H,2,5,8-9,15H2,1H3,(H,16,17)/t13-/m1/s1. The number of fused-ring (bicyclic) bond motifs is 1. The van der Waals surface area contributed by atoms with Gasteiger partial charge in [0, 0.05) is 6.04 Å². The highest BCUT2D eigenvalue weighted by Gasteiger charge is 2.24. The van der Waals surface area contributed by atoms with Crippen molar-refractivity contribution in [1.82, 2.24) is 5.32 Å². The Morgan fingerprint density at radius 3 is 2.53 bits per heavy atom. The lowest BCUT2D eigenvalue weighted by Crippen LogP contribution is -2.45. The number of hydrogen-bond donors (Lipinski definition) is 2. The molecule has 0 unspecified atom stereocenters. The first-order chi connectivity index (χ1) is 8.20. The van der Waals surface area contributed by atoms with E-state index < -0.39 is 0 Å². The maximum absolute atomic E-state index is 11.8. The van der Waals surface area contributed by atoms with Crippen LogP contribution in [0.25, 0.3) is 0 Å². The Bertz CT molecular complexity index is 378. The molecule has 2 rings (SSSR count). The molecule has 0 saturated heterocycles. The van der Waals surface area contributed by atoms with Crippen molar-refractivity contribution in [3.8, 4) is 0 Å². The largest absolute Gasteiger partial charge is 0.351 e. The molecule has 1 atom stereocenters. The molecule has 0 aliphatic heterocycles. The molecule has 3 nitrogen and oxygen atoms in total. The number of rotatable bonds is 4. The monoisotopic (exact) mass is 232 g/mol. The summed E-state index contributed by atoms with van der Waals surface area (Å²) in [4.78, 5) is 11.8. The lowest BCUT2D eigenvalue weighted by atomic mass is 10.1. The first-order valence-corrected chi connectivity index (χ1v) is 6.33. The summed E-state index contributed by atoms with van der Waals surface area (Å²) in [6.45, 7) is 2.04. The molecule has 3 N–H and O–H groups in total. The molecule has 0 aromatic heterocycles. The molecule has 1 aliphatic rings. The average molecular weight is 232 g/mol. The molecule has 0 saturated carbocycles. The van der Waals surface area contributed by atoms with Crippen molar-refractivity contribution in [3.05, 3.63) is 35.4 Å². The highest BCUT2D eigenvalue weighted by molar-refractivity contribution is 5.81. The van der Waals surface area contributed by atoms with Crippen LogP contribution in [0, 0.1) is 0 Å². The van der Waals surface area contributed by atoms with E-state index in [1.54, 1.807) is 0 Å². The van der Waals surface area contributed by atoms with Gasteiger partial charge in [-0.3, -0.25) is 4.79 Å². The van der Waals surface area contributed by atoms with Gasteiger partial charge in [0.1, 0.15) is 0 Å². The summed E-state index contributed by atoms with van der Waals surface area (Å²) in [7, 11) is 0. The summed E-state index contributed by atoms with van der Waals surface area (Å²) >= 11 is 0. The SMILES string of the molecule is CCC[C@@H](N)C(=O)NC1Cc2ccccc2C1. The summed E-state index contributed by atoms with van der Waals surface area (Å²) in [5, 5.41) is 3.05. The maximum atomic E-state index is 11.8. The summed E-state index contributed by atoms with van der Waals surface area (Å²) in [5.74, 6) is -0.00958. The van der Waals surface area contributed by atoms with Crippen molar-refractivity contribution in [2.75, 3.05) is 0 Å². The van der Waals surface area contributed by atoms with Crippen LogP contribution >= 0.6 is 0 Å². The Labute approximate surface area is 102 Å². The molecule has 0 heterocycles. The van der Waals surface area contributed by atoms with E-state index >= 15 is 0 Å². The summed E-state index contributed by atoms with van der Waals surface area (Å²) < 4.78 is 0. The molecule has 3 heteroatoms. The van der Waals surface area contributed by atoms with Gasteiger partial charge in [-0.2, -0.15) is 0 Å². The molecule has 0 radical (unpaired) electrons. The van der Waals surface area contributed by atoms with E-state index in [1.165, 1.54) is 11.1 Å². The van der Waals surface area contributed by atoms with Crippen molar-refractivity contribution in [2.45, 2.75) is 44.7 Å². The predicted molar refractivity (Wildman–Crippen MR) is 68.7 cm³/mol. The number of benzene rings is 1. The number of carbonyl (C=O) groups is 1. The van der Waals surface area contributed by atoms with E-state index in [0.717, 1.165) is 25.7 Å². The highest BCUT2D eigenvalue weighted by Crippen LogP contribution is 2.21. The third kappa shape index (κ3) is 2.86. The minimum Gasteiger partial charge on any atom is -0.351 e. The second kappa shape index (κ2) is 5.32. The Balaban J connectivity index is 1.89. The molecule has 17 heavy (non-hydrogen) atoms. The van der Waals surface area contributed by atoms with E-state index in [9.17, 15) is 4.79 Å². The van der Waals surface area contributed by atoms with E-state index in [0.29, 0.717) is 0 Å². The summed E-state index contributed by atoms with van der Waals surface area (Å²) in [6, 6.07) is 8.23. The fraction of sp³-hybridized carbons (Fsp3) is 0.500. The van der Waals surface area contributed by atoms with Crippen molar-refractivity contribution < 1.29 is 4.79 Å². The van der Waals surface area contributed by atoms with Gasteiger partial charge in [0.05, 0.1) is 6.04 Å². The van der Waals surface area contributed by atoms with Crippen LogP contribution in [0.1, 0.15) is 30.9 Å². The van der Waals surface area contributed by atoms with Gasteiger partial charge in [-0.05, 0) is 30.4 Å². The number of nitrogens with one attached hydrogen (secondary N) is 1. The van der Waals surface area contributed by atoms with Crippen molar-refractivity contribution >= 4 is 5.91 Å². The molecule has 92 valence electrons. The first-order valence-electron chi connectivity index (χ1n) is 6.33. The first kappa shape index (κ1) is 12.1. The van der Waals surface area contributed by atoms with E-state index in [4.69, 9.17) is 5.73 Å². The maximum Gasteiger partial charge on any atom is 0.237 e. The van der Waals surface area contributed by atoms with Crippen LogP contribution in [-0.2, 0) is 17.6 Å². The van der Waals surface area contributed by atoms with Gasteiger partial charge in [-0.1, -0.05) is 37.6 Å². The van der Waals surface area contributed by atoms with Gasteiger partial charge in [0.25, 0.3) is 0 Å². The Hall–Kier alpha value is -1.35. The number of carbonyl (C=O) groups excluding carboxylic acids is 1. The zero-order valence-corrected chi connectivity index (χ0v) is 10.3. The molecule has 1 aromatic carbocycles. The van der Waals surface area contributed by atoms with Crippen molar-refractivity contribution in [1.29, 1.82) is 0 Å². The Morgan fingerprint density at radius 2 is 2.00 bits per heavy atom. The van der Waals surface area contributed by atoms with Crippen LogP contribution in [-0.4, -0.2) is 18.0 Å².